The Balaban J connectivity index is 2.42. The fraction of sp³-hybridized carbons (Fsp3) is 0.581. The number of Topliss-reactive ketones (excluding diaryl/α,β-unsaturated/α-hetero) is 1. The lowest BCUT2D eigenvalue weighted by Crippen LogP contribution is -2.55. The van der Waals surface area contributed by atoms with Gasteiger partial charge in [-0.15, -0.1) is 0 Å². The van der Waals surface area contributed by atoms with Gasteiger partial charge in [-0.3, -0.25) is 19.2 Å². The van der Waals surface area contributed by atoms with Crippen molar-refractivity contribution in [3.05, 3.63) is 48.0 Å². The number of rotatable bonds is 8. The molecule has 0 saturated heterocycles. The molecule has 0 aromatic heterocycles. The van der Waals surface area contributed by atoms with Gasteiger partial charge < -0.3 is 25.6 Å². The quantitative estimate of drug-likeness (QED) is 0.325. The molecule has 0 bridgehead atoms. The van der Waals surface area contributed by atoms with Crippen molar-refractivity contribution < 1.29 is 28.7 Å². The van der Waals surface area contributed by atoms with Gasteiger partial charge in [-0.2, -0.15) is 0 Å². The number of nitrogens with zero attached hydrogens (tertiary/aromatic N) is 1. The van der Waals surface area contributed by atoms with Crippen molar-refractivity contribution in [3.8, 4) is 0 Å². The molecule has 4 amide bonds. The third-order valence-electron chi connectivity index (χ3n) is 6.72. The third kappa shape index (κ3) is 11.8. The molecule has 1 heterocycles. The van der Waals surface area contributed by atoms with Gasteiger partial charge in [0.1, 0.15) is 12.1 Å². The number of carbonyl (C=O) groups is 5. The number of nitrogens with one attached hydrogen (secondary N) is 3. The van der Waals surface area contributed by atoms with Crippen LogP contribution in [0.2, 0.25) is 0 Å². The van der Waals surface area contributed by atoms with Crippen molar-refractivity contribution in [1.82, 2.24) is 20.9 Å². The Labute approximate surface area is 243 Å². The van der Waals surface area contributed by atoms with Gasteiger partial charge in [0.05, 0.1) is 6.04 Å². The molecule has 1 aliphatic rings. The molecule has 4 atom stereocenters. The molecule has 1 aromatic rings. The zero-order valence-electron chi connectivity index (χ0n) is 25.1. The molecule has 2 unspecified atom stereocenters. The molecule has 1 aliphatic heterocycles. The molecule has 2 rings (SSSR count). The van der Waals surface area contributed by atoms with Crippen molar-refractivity contribution in [1.29, 1.82) is 0 Å². The summed E-state index contributed by atoms with van der Waals surface area (Å²) in [6.07, 6.45) is 4.81. The summed E-state index contributed by atoms with van der Waals surface area (Å²) in [7, 11) is 3.25. The van der Waals surface area contributed by atoms with E-state index in [9.17, 15) is 24.0 Å². The number of ether oxygens (including phenoxy) is 1. The minimum atomic E-state index is -1.26. The molecule has 0 saturated carbocycles. The minimum Gasteiger partial charge on any atom is -0.446 e. The average molecular weight is 571 g/mol. The van der Waals surface area contributed by atoms with Crippen LogP contribution in [0.1, 0.15) is 65.4 Å². The van der Waals surface area contributed by atoms with Crippen molar-refractivity contribution in [2.24, 2.45) is 11.8 Å². The molecular formula is C31H46N4O6. The van der Waals surface area contributed by atoms with E-state index in [4.69, 9.17) is 4.74 Å². The predicted octanol–water partition coefficient (Wildman–Crippen LogP) is 3.15. The molecule has 41 heavy (non-hydrogen) atoms. The highest BCUT2D eigenvalue weighted by molar-refractivity contribution is 6.38. The van der Waals surface area contributed by atoms with Gasteiger partial charge in [0.25, 0.3) is 5.91 Å². The molecule has 10 nitrogen and oxygen atoms in total. The second-order valence-corrected chi connectivity index (χ2v) is 11.5. The van der Waals surface area contributed by atoms with Crippen molar-refractivity contribution in [2.75, 3.05) is 14.1 Å². The zero-order valence-corrected chi connectivity index (χ0v) is 25.1. The molecule has 1 aromatic carbocycles. The van der Waals surface area contributed by atoms with E-state index in [1.54, 1.807) is 27.9 Å². The first-order chi connectivity index (χ1) is 19.4. The maximum Gasteiger partial charge on any atom is 0.408 e. The van der Waals surface area contributed by atoms with Crippen molar-refractivity contribution >= 4 is 29.6 Å². The standard InChI is InChI=1S/C31H46N4O6/c1-20(2)17-26-28(37)33-25(27(36)29(38)32-21(3)4)19-23(30(39)35(5)6)15-11-8-12-16-24(41-31(40)34-26)18-22-13-9-7-10-14-22/h7-11,13-14,20-21,23-26H,12,15-19H2,1-6H3,(H,32,38)(H,33,37)(H,34,40)/b11-8-/t23?,24?,25-,26-/m0/s1. The van der Waals surface area contributed by atoms with Crippen LogP contribution in [0.4, 0.5) is 4.79 Å². The number of alkyl carbamates (subject to hydrolysis) is 1. The maximum atomic E-state index is 13.5. The Morgan fingerprint density at radius 3 is 2.32 bits per heavy atom. The van der Waals surface area contributed by atoms with E-state index in [0.717, 1.165) is 5.56 Å². The van der Waals surface area contributed by atoms with E-state index in [1.807, 2.05) is 56.3 Å². The summed E-state index contributed by atoms with van der Waals surface area (Å²) in [5.41, 5.74) is 1.02. The highest BCUT2D eigenvalue weighted by Crippen LogP contribution is 2.19. The number of cyclic esters (lactones) is 1. The topological polar surface area (TPSA) is 134 Å². The molecular weight excluding hydrogens is 524 g/mol. The predicted molar refractivity (Wildman–Crippen MR) is 157 cm³/mol. The van der Waals surface area contributed by atoms with Gasteiger partial charge in [0.2, 0.25) is 17.6 Å². The maximum absolute atomic E-state index is 13.5. The summed E-state index contributed by atoms with van der Waals surface area (Å²) in [6.45, 7) is 7.26. The van der Waals surface area contributed by atoms with E-state index in [1.165, 1.54) is 4.90 Å². The highest BCUT2D eigenvalue weighted by atomic mass is 16.6. The van der Waals surface area contributed by atoms with E-state index in [-0.39, 0.29) is 30.7 Å². The van der Waals surface area contributed by atoms with Gasteiger partial charge >= 0.3 is 6.09 Å². The lowest BCUT2D eigenvalue weighted by atomic mass is 9.91. The second kappa shape index (κ2) is 16.5. The van der Waals surface area contributed by atoms with Gasteiger partial charge in [0.15, 0.2) is 0 Å². The van der Waals surface area contributed by atoms with Gasteiger partial charge in [-0.05, 0) is 57.4 Å². The number of amides is 4. The lowest BCUT2D eigenvalue weighted by Gasteiger charge is -2.27. The smallest absolute Gasteiger partial charge is 0.408 e. The van der Waals surface area contributed by atoms with Crippen LogP contribution in [0.3, 0.4) is 0 Å². The summed E-state index contributed by atoms with van der Waals surface area (Å²) in [4.78, 5) is 67.0. The number of hydrogen-bond acceptors (Lipinski definition) is 6. The Morgan fingerprint density at radius 2 is 1.71 bits per heavy atom. The number of benzene rings is 1. The largest absolute Gasteiger partial charge is 0.446 e. The number of ketones is 1. The normalized spacial score (nSPS) is 23.3. The van der Waals surface area contributed by atoms with Crippen LogP contribution in [0.25, 0.3) is 0 Å². The van der Waals surface area contributed by atoms with Crippen LogP contribution in [0.15, 0.2) is 42.5 Å². The van der Waals surface area contributed by atoms with E-state index in [2.05, 4.69) is 16.0 Å². The summed E-state index contributed by atoms with van der Waals surface area (Å²) in [5.74, 6) is -3.14. The first kappa shape index (κ1) is 33.5. The molecule has 10 heteroatoms. The Morgan fingerprint density at radius 1 is 1.02 bits per heavy atom. The summed E-state index contributed by atoms with van der Waals surface area (Å²) in [6, 6.07) is 7.14. The number of allylic oxidation sites excluding steroid dienone is 2. The molecule has 226 valence electrons. The summed E-state index contributed by atoms with van der Waals surface area (Å²) in [5, 5.41) is 7.93. The van der Waals surface area contributed by atoms with E-state index in [0.29, 0.717) is 25.7 Å². The highest BCUT2D eigenvalue weighted by Gasteiger charge is 2.35. The summed E-state index contributed by atoms with van der Waals surface area (Å²) < 4.78 is 5.78. The lowest BCUT2D eigenvalue weighted by molar-refractivity contribution is -0.142. The minimum absolute atomic E-state index is 0.0268. The zero-order chi connectivity index (χ0) is 30.5. The monoisotopic (exact) mass is 570 g/mol. The first-order valence-corrected chi connectivity index (χ1v) is 14.4. The Kier molecular flexibility index (Phi) is 13.5. The van der Waals surface area contributed by atoms with E-state index < -0.39 is 47.8 Å². The molecule has 3 N–H and O–H groups in total. The van der Waals surface area contributed by atoms with Gasteiger partial charge in [-0.1, -0.05) is 56.3 Å². The van der Waals surface area contributed by atoms with Gasteiger partial charge in [-0.25, -0.2) is 4.79 Å². The van der Waals surface area contributed by atoms with Crippen LogP contribution >= 0.6 is 0 Å². The summed E-state index contributed by atoms with van der Waals surface area (Å²) >= 11 is 0. The Hall–Kier alpha value is -3.69. The first-order valence-electron chi connectivity index (χ1n) is 14.4. The molecule has 0 radical (unpaired) electrons. The third-order valence-corrected chi connectivity index (χ3v) is 6.72. The molecule has 0 spiro atoms. The fourth-order valence-electron chi connectivity index (χ4n) is 4.71. The van der Waals surface area contributed by atoms with Crippen LogP contribution in [0.5, 0.6) is 0 Å². The average Bonchev–Trinajstić information content (AvgIpc) is 2.89. The van der Waals surface area contributed by atoms with Gasteiger partial charge in [0, 0.05) is 32.5 Å². The second-order valence-electron chi connectivity index (χ2n) is 11.5. The number of carbonyl (C=O) groups excluding carboxylic acids is 5. The van der Waals surface area contributed by atoms with Crippen molar-refractivity contribution in [3.63, 3.8) is 0 Å². The molecule has 0 aliphatic carbocycles. The van der Waals surface area contributed by atoms with Crippen molar-refractivity contribution in [2.45, 2.75) is 90.4 Å². The molecule has 0 fully saturated rings. The Bertz CT molecular complexity index is 1070. The van der Waals surface area contributed by atoms with Crippen LogP contribution in [0, 0.1) is 11.8 Å². The number of hydrogen-bond donors (Lipinski definition) is 3. The fourth-order valence-corrected chi connectivity index (χ4v) is 4.71. The SMILES string of the molecule is CC(C)C[C@@H]1NC(=O)OC(Cc2ccccc2)CC/C=C\CC(C(=O)N(C)C)C[C@@H](C(=O)C(=O)NC(C)C)NC1=O. The van der Waals surface area contributed by atoms with E-state index >= 15 is 0 Å². The van der Waals surface area contributed by atoms with Crippen LogP contribution in [-0.4, -0.2) is 72.8 Å². The van der Waals surface area contributed by atoms with Crippen LogP contribution in [-0.2, 0) is 30.3 Å². The van der Waals surface area contributed by atoms with Crippen LogP contribution < -0.4 is 16.0 Å².